The summed E-state index contributed by atoms with van der Waals surface area (Å²) in [6.45, 7) is 4.60. The SMILES string of the molecule is O=C(CN1CCN(Cc2ccc(F)cc2)CC1)Nc1cccc2nsnc12. The van der Waals surface area contributed by atoms with Crippen LogP contribution in [0.1, 0.15) is 5.56 Å². The second kappa shape index (κ2) is 8.08. The summed E-state index contributed by atoms with van der Waals surface area (Å²) in [4.78, 5) is 16.9. The number of rotatable bonds is 5. The zero-order valence-electron chi connectivity index (χ0n) is 14.8. The molecule has 0 saturated carbocycles. The fraction of sp³-hybridized carbons (Fsp3) is 0.316. The van der Waals surface area contributed by atoms with E-state index in [1.54, 1.807) is 0 Å². The number of fused-ring (bicyclic) bond motifs is 1. The Hall–Kier alpha value is -2.42. The normalized spacial score (nSPS) is 15.9. The molecule has 1 fully saturated rings. The Labute approximate surface area is 160 Å². The lowest BCUT2D eigenvalue weighted by Crippen LogP contribution is -2.48. The quantitative estimate of drug-likeness (QED) is 0.732. The molecule has 2 aromatic carbocycles. The van der Waals surface area contributed by atoms with Crippen molar-refractivity contribution < 1.29 is 9.18 Å². The van der Waals surface area contributed by atoms with Gasteiger partial charge in [0.15, 0.2) is 0 Å². The van der Waals surface area contributed by atoms with Crippen LogP contribution < -0.4 is 5.32 Å². The number of carbonyl (C=O) groups excluding carboxylic acids is 1. The monoisotopic (exact) mass is 385 g/mol. The lowest BCUT2D eigenvalue weighted by molar-refractivity contribution is -0.117. The number of hydrogen-bond acceptors (Lipinski definition) is 6. The van der Waals surface area contributed by atoms with Gasteiger partial charge in [-0.3, -0.25) is 14.6 Å². The van der Waals surface area contributed by atoms with Crippen LogP contribution in [0.25, 0.3) is 11.0 Å². The molecule has 0 aliphatic carbocycles. The summed E-state index contributed by atoms with van der Waals surface area (Å²) in [7, 11) is 0. The fourth-order valence-corrected chi connectivity index (χ4v) is 3.80. The molecule has 1 N–H and O–H groups in total. The molecule has 3 aromatic rings. The van der Waals surface area contributed by atoms with Crippen LogP contribution in [0.4, 0.5) is 10.1 Å². The van der Waals surface area contributed by atoms with E-state index < -0.39 is 0 Å². The summed E-state index contributed by atoms with van der Waals surface area (Å²) in [6.07, 6.45) is 0. The Morgan fingerprint density at radius 2 is 1.78 bits per heavy atom. The average Bonchev–Trinajstić information content (AvgIpc) is 3.15. The van der Waals surface area contributed by atoms with Crippen LogP contribution in [0.5, 0.6) is 0 Å². The minimum absolute atomic E-state index is 0.0394. The van der Waals surface area contributed by atoms with Crippen LogP contribution in [-0.2, 0) is 11.3 Å². The third-order valence-electron chi connectivity index (χ3n) is 4.71. The van der Waals surface area contributed by atoms with E-state index in [1.807, 2.05) is 30.3 Å². The third kappa shape index (κ3) is 4.47. The van der Waals surface area contributed by atoms with E-state index in [9.17, 15) is 9.18 Å². The predicted octanol–water partition coefficient (Wildman–Crippen LogP) is 2.59. The topological polar surface area (TPSA) is 61.4 Å². The molecule has 6 nitrogen and oxygen atoms in total. The number of hydrogen-bond donors (Lipinski definition) is 1. The van der Waals surface area contributed by atoms with Gasteiger partial charge in [-0.1, -0.05) is 18.2 Å². The Balaban J connectivity index is 1.27. The first-order chi connectivity index (χ1) is 13.2. The zero-order chi connectivity index (χ0) is 18.6. The van der Waals surface area contributed by atoms with E-state index in [0.717, 1.165) is 61.0 Å². The highest BCUT2D eigenvalue weighted by Gasteiger charge is 2.19. The number of nitrogens with one attached hydrogen (secondary N) is 1. The smallest absolute Gasteiger partial charge is 0.238 e. The molecule has 140 valence electrons. The number of amides is 1. The minimum Gasteiger partial charge on any atom is -0.323 e. The van der Waals surface area contributed by atoms with E-state index >= 15 is 0 Å². The zero-order valence-corrected chi connectivity index (χ0v) is 15.6. The van der Waals surface area contributed by atoms with Crippen molar-refractivity contribution in [2.75, 3.05) is 38.0 Å². The molecule has 1 saturated heterocycles. The molecule has 4 rings (SSSR count). The molecule has 0 atom stereocenters. The molecule has 27 heavy (non-hydrogen) atoms. The Morgan fingerprint density at radius 1 is 1.04 bits per heavy atom. The molecule has 0 radical (unpaired) electrons. The summed E-state index contributed by atoms with van der Waals surface area (Å²) < 4.78 is 21.4. The van der Waals surface area contributed by atoms with Crippen molar-refractivity contribution in [3.8, 4) is 0 Å². The summed E-state index contributed by atoms with van der Waals surface area (Å²) >= 11 is 1.14. The number of nitrogens with zero attached hydrogens (tertiary/aromatic N) is 4. The second-order valence-corrected chi connectivity index (χ2v) is 7.19. The number of carbonyl (C=O) groups is 1. The van der Waals surface area contributed by atoms with Gasteiger partial charge in [0.25, 0.3) is 0 Å². The lowest BCUT2D eigenvalue weighted by atomic mass is 10.2. The summed E-state index contributed by atoms with van der Waals surface area (Å²) in [5.74, 6) is -0.249. The standard InChI is InChI=1S/C19H20FN5OS/c20-15-6-4-14(5-7-15)12-24-8-10-25(11-9-24)13-18(26)21-16-2-1-3-17-19(16)23-27-22-17/h1-7H,8-13H2,(H,21,26). The molecular formula is C19H20FN5OS. The van der Waals surface area contributed by atoms with Crippen LogP contribution in [-0.4, -0.2) is 57.2 Å². The van der Waals surface area contributed by atoms with Gasteiger partial charge in [0.05, 0.1) is 24.0 Å². The van der Waals surface area contributed by atoms with Crippen molar-refractivity contribution in [3.63, 3.8) is 0 Å². The van der Waals surface area contributed by atoms with Crippen molar-refractivity contribution in [1.29, 1.82) is 0 Å². The van der Waals surface area contributed by atoms with Gasteiger partial charge in [-0.05, 0) is 29.8 Å². The van der Waals surface area contributed by atoms with Gasteiger partial charge in [0.2, 0.25) is 5.91 Å². The molecule has 1 aliphatic rings. The van der Waals surface area contributed by atoms with Crippen LogP contribution >= 0.6 is 11.7 Å². The molecule has 0 unspecified atom stereocenters. The van der Waals surface area contributed by atoms with Crippen molar-refractivity contribution >= 4 is 34.4 Å². The third-order valence-corrected chi connectivity index (χ3v) is 5.25. The van der Waals surface area contributed by atoms with Gasteiger partial charge in [-0.15, -0.1) is 0 Å². The van der Waals surface area contributed by atoms with Crippen LogP contribution in [0, 0.1) is 5.82 Å². The van der Waals surface area contributed by atoms with Gasteiger partial charge < -0.3 is 5.32 Å². The van der Waals surface area contributed by atoms with Crippen molar-refractivity contribution in [3.05, 3.63) is 53.8 Å². The Kier molecular flexibility index (Phi) is 5.38. The van der Waals surface area contributed by atoms with E-state index in [-0.39, 0.29) is 11.7 Å². The highest BCUT2D eigenvalue weighted by Crippen LogP contribution is 2.21. The first-order valence-electron chi connectivity index (χ1n) is 8.88. The van der Waals surface area contributed by atoms with Gasteiger partial charge in [0.1, 0.15) is 16.9 Å². The number of anilines is 1. The molecule has 1 aromatic heterocycles. The molecule has 1 amide bonds. The van der Waals surface area contributed by atoms with E-state index in [2.05, 4.69) is 23.9 Å². The van der Waals surface area contributed by atoms with Gasteiger partial charge in [-0.2, -0.15) is 8.75 Å². The van der Waals surface area contributed by atoms with Gasteiger partial charge in [-0.25, -0.2) is 4.39 Å². The number of piperazine rings is 1. The van der Waals surface area contributed by atoms with Crippen LogP contribution in [0.15, 0.2) is 42.5 Å². The summed E-state index contributed by atoms with van der Waals surface area (Å²) in [5, 5.41) is 2.95. The van der Waals surface area contributed by atoms with E-state index in [4.69, 9.17) is 0 Å². The molecule has 0 spiro atoms. The van der Waals surface area contributed by atoms with Crippen molar-refractivity contribution in [1.82, 2.24) is 18.5 Å². The number of benzene rings is 2. The molecule has 0 bridgehead atoms. The molecule has 8 heteroatoms. The van der Waals surface area contributed by atoms with Crippen LogP contribution in [0.2, 0.25) is 0 Å². The maximum absolute atomic E-state index is 13.0. The summed E-state index contributed by atoms with van der Waals surface area (Å²) in [6, 6.07) is 12.2. The fourth-order valence-electron chi connectivity index (χ4n) is 3.25. The van der Waals surface area contributed by atoms with Crippen LogP contribution in [0.3, 0.4) is 0 Å². The van der Waals surface area contributed by atoms with Gasteiger partial charge >= 0.3 is 0 Å². The first-order valence-corrected chi connectivity index (χ1v) is 9.61. The maximum Gasteiger partial charge on any atom is 0.238 e. The maximum atomic E-state index is 13.0. The molecule has 2 heterocycles. The summed E-state index contributed by atoms with van der Waals surface area (Å²) in [5.41, 5.74) is 3.35. The largest absolute Gasteiger partial charge is 0.323 e. The average molecular weight is 385 g/mol. The number of halogens is 1. The second-order valence-electron chi connectivity index (χ2n) is 6.66. The lowest BCUT2D eigenvalue weighted by Gasteiger charge is -2.34. The highest BCUT2D eigenvalue weighted by atomic mass is 32.1. The van der Waals surface area contributed by atoms with E-state index in [0.29, 0.717) is 12.2 Å². The number of aromatic nitrogens is 2. The highest BCUT2D eigenvalue weighted by molar-refractivity contribution is 7.00. The minimum atomic E-state index is -0.210. The van der Waals surface area contributed by atoms with Crippen molar-refractivity contribution in [2.24, 2.45) is 0 Å². The molecular weight excluding hydrogens is 365 g/mol. The first kappa shape index (κ1) is 18.0. The Morgan fingerprint density at radius 3 is 2.56 bits per heavy atom. The Bertz CT molecular complexity index is 921. The van der Waals surface area contributed by atoms with Gasteiger partial charge in [0, 0.05) is 32.7 Å². The molecule has 1 aliphatic heterocycles. The predicted molar refractivity (Wildman–Crippen MR) is 104 cm³/mol. The van der Waals surface area contributed by atoms with Crippen molar-refractivity contribution in [2.45, 2.75) is 6.54 Å². The van der Waals surface area contributed by atoms with E-state index in [1.165, 1.54) is 12.1 Å².